The van der Waals surface area contributed by atoms with Gasteiger partial charge in [-0.1, -0.05) is 17.3 Å². The first kappa shape index (κ1) is 21.4. The summed E-state index contributed by atoms with van der Waals surface area (Å²) in [6.07, 6.45) is 1.79. The Morgan fingerprint density at radius 2 is 2.00 bits per heavy atom. The molecule has 0 bridgehead atoms. The number of piperidine rings is 1. The Balaban J connectivity index is 0.00000240. The molecule has 1 amide bonds. The fourth-order valence-electron chi connectivity index (χ4n) is 3.84. The van der Waals surface area contributed by atoms with Gasteiger partial charge in [-0.25, -0.2) is 4.68 Å². The van der Waals surface area contributed by atoms with Crippen LogP contribution in [0.25, 0.3) is 0 Å². The minimum atomic E-state index is -0.210. The summed E-state index contributed by atoms with van der Waals surface area (Å²) >= 11 is 0. The first-order valence-electron chi connectivity index (χ1n) is 9.97. The molecule has 1 saturated heterocycles. The molecule has 1 aromatic heterocycles. The maximum absolute atomic E-state index is 13.1. The summed E-state index contributed by atoms with van der Waals surface area (Å²) in [4.78, 5) is 14.9. The molecule has 2 aromatic rings. The Hall–Kier alpha value is -2.32. The van der Waals surface area contributed by atoms with E-state index < -0.39 is 0 Å². The van der Waals surface area contributed by atoms with Crippen molar-refractivity contribution in [1.29, 1.82) is 0 Å². The van der Waals surface area contributed by atoms with E-state index in [2.05, 4.69) is 15.6 Å². The van der Waals surface area contributed by atoms with E-state index in [1.807, 2.05) is 42.8 Å². The van der Waals surface area contributed by atoms with Crippen LogP contribution in [0, 0.1) is 6.92 Å². The first-order chi connectivity index (χ1) is 13.7. The van der Waals surface area contributed by atoms with Gasteiger partial charge >= 0.3 is 0 Å². The SMILES string of the molecule is CCN(CC1COc2ccccc2O1)C(=O)c1nnn(C2CCNCC2)c1C.Cl. The van der Waals surface area contributed by atoms with E-state index in [9.17, 15) is 4.79 Å². The number of nitrogens with one attached hydrogen (secondary N) is 1. The van der Waals surface area contributed by atoms with Gasteiger partial charge in [-0.3, -0.25) is 4.79 Å². The predicted octanol–water partition coefficient (Wildman–Crippen LogP) is 2.23. The van der Waals surface area contributed by atoms with Crippen molar-refractivity contribution in [3.63, 3.8) is 0 Å². The number of amides is 1. The van der Waals surface area contributed by atoms with Crippen LogP contribution in [-0.2, 0) is 0 Å². The second-order valence-corrected chi connectivity index (χ2v) is 7.29. The fraction of sp³-hybridized carbons (Fsp3) is 0.550. The molecular formula is C20H28ClN5O3. The average molecular weight is 422 g/mol. The van der Waals surface area contributed by atoms with E-state index in [-0.39, 0.29) is 24.4 Å². The van der Waals surface area contributed by atoms with Gasteiger partial charge in [-0.05, 0) is 51.9 Å². The largest absolute Gasteiger partial charge is 0.486 e. The molecule has 1 atom stereocenters. The molecule has 0 radical (unpaired) electrons. The van der Waals surface area contributed by atoms with Gasteiger partial charge in [0.05, 0.1) is 18.3 Å². The molecule has 1 N–H and O–H groups in total. The Labute approximate surface area is 177 Å². The van der Waals surface area contributed by atoms with E-state index in [0.29, 0.717) is 31.4 Å². The Bertz CT molecular complexity index is 837. The number of benzene rings is 1. The highest BCUT2D eigenvalue weighted by molar-refractivity contribution is 5.93. The summed E-state index contributed by atoms with van der Waals surface area (Å²) < 4.78 is 13.7. The summed E-state index contributed by atoms with van der Waals surface area (Å²) in [7, 11) is 0. The van der Waals surface area contributed by atoms with E-state index >= 15 is 0 Å². The number of hydrogen-bond acceptors (Lipinski definition) is 6. The van der Waals surface area contributed by atoms with E-state index in [4.69, 9.17) is 9.47 Å². The summed E-state index contributed by atoms with van der Waals surface area (Å²) in [6, 6.07) is 7.90. The minimum absolute atomic E-state index is 0. The van der Waals surface area contributed by atoms with Crippen LogP contribution in [0.1, 0.15) is 42.0 Å². The number of halogens is 1. The maximum Gasteiger partial charge on any atom is 0.276 e. The molecule has 0 aliphatic carbocycles. The monoisotopic (exact) mass is 421 g/mol. The molecule has 158 valence electrons. The molecule has 8 nitrogen and oxygen atoms in total. The van der Waals surface area contributed by atoms with Gasteiger partial charge in [-0.15, -0.1) is 17.5 Å². The highest BCUT2D eigenvalue weighted by atomic mass is 35.5. The van der Waals surface area contributed by atoms with E-state index in [1.54, 1.807) is 4.90 Å². The van der Waals surface area contributed by atoms with Gasteiger partial charge < -0.3 is 19.7 Å². The molecule has 29 heavy (non-hydrogen) atoms. The number of rotatable bonds is 5. The molecule has 9 heteroatoms. The number of hydrogen-bond donors (Lipinski definition) is 1. The lowest BCUT2D eigenvalue weighted by atomic mass is 10.1. The van der Waals surface area contributed by atoms with Gasteiger partial charge in [-0.2, -0.15) is 0 Å². The van der Waals surface area contributed by atoms with Crippen molar-refractivity contribution in [1.82, 2.24) is 25.2 Å². The van der Waals surface area contributed by atoms with Crippen molar-refractivity contribution >= 4 is 18.3 Å². The quantitative estimate of drug-likeness (QED) is 0.797. The molecule has 3 heterocycles. The van der Waals surface area contributed by atoms with Crippen LogP contribution in [0.3, 0.4) is 0 Å². The molecule has 1 unspecified atom stereocenters. The number of fused-ring (bicyclic) bond motifs is 1. The third-order valence-corrected chi connectivity index (χ3v) is 5.45. The first-order valence-corrected chi connectivity index (χ1v) is 9.97. The minimum Gasteiger partial charge on any atom is -0.486 e. The molecule has 0 saturated carbocycles. The van der Waals surface area contributed by atoms with Gasteiger partial charge in [0.15, 0.2) is 23.3 Å². The molecule has 1 aromatic carbocycles. The third kappa shape index (κ3) is 4.48. The summed E-state index contributed by atoms with van der Waals surface area (Å²) in [5.74, 6) is 1.35. The van der Waals surface area contributed by atoms with Crippen LogP contribution in [0.2, 0.25) is 0 Å². The number of ether oxygens (including phenoxy) is 2. The fourth-order valence-corrected chi connectivity index (χ4v) is 3.84. The van der Waals surface area contributed by atoms with Crippen LogP contribution in [0.4, 0.5) is 0 Å². The number of carbonyl (C=O) groups excluding carboxylic acids is 1. The second-order valence-electron chi connectivity index (χ2n) is 7.29. The van der Waals surface area contributed by atoms with Crippen molar-refractivity contribution in [2.45, 2.75) is 38.8 Å². The number of aromatic nitrogens is 3. The summed E-state index contributed by atoms with van der Waals surface area (Å²) in [5, 5.41) is 11.9. The van der Waals surface area contributed by atoms with Gasteiger partial charge in [0.1, 0.15) is 6.61 Å². The molecule has 0 spiro atoms. The predicted molar refractivity (Wildman–Crippen MR) is 111 cm³/mol. The van der Waals surface area contributed by atoms with E-state index in [1.165, 1.54) is 0 Å². The van der Waals surface area contributed by atoms with Crippen LogP contribution < -0.4 is 14.8 Å². The molecule has 2 aliphatic heterocycles. The van der Waals surface area contributed by atoms with Gasteiger partial charge in [0, 0.05) is 6.54 Å². The average Bonchev–Trinajstić information content (AvgIpc) is 3.13. The number of carbonyl (C=O) groups is 1. The zero-order chi connectivity index (χ0) is 19.5. The number of para-hydroxylation sites is 2. The van der Waals surface area contributed by atoms with Crippen molar-refractivity contribution < 1.29 is 14.3 Å². The molecule has 1 fully saturated rings. The standard InChI is InChI=1S/C20H27N5O3.ClH/c1-3-24(12-16-13-27-17-6-4-5-7-18(17)28-16)20(26)19-14(2)25(23-22-19)15-8-10-21-11-9-15;/h4-7,15-16,21H,3,8-13H2,1-2H3;1H. The molecule has 2 aliphatic rings. The second kappa shape index (κ2) is 9.45. The van der Waals surface area contributed by atoms with Crippen molar-refractivity contribution in [2.75, 3.05) is 32.8 Å². The lowest BCUT2D eigenvalue weighted by molar-refractivity contribution is 0.0470. The molecular weight excluding hydrogens is 394 g/mol. The summed E-state index contributed by atoms with van der Waals surface area (Å²) in [6.45, 7) is 7.26. The Morgan fingerprint density at radius 1 is 1.28 bits per heavy atom. The van der Waals surface area contributed by atoms with Crippen LogP contribution in [-0.4, -0.2) is 64.7 Å². The van der Waals surface area contributed by atoms with Crippen molar-refractivity contribution in [3.8, 4) is 11.5 Å². The van der Waals surface area contributed by atoms with Gasteiger partial charge in [0.25, 0.3) is 5.91 Å². The van der Waals surface area contributed by atoms with E-state index in [0.717, 1.165) is 43.1 Å². The topological polar surface area (TPSA) is 81.5 Å². The molecule has 4 rings (SSSR count). The van der Waals surface area contributed by atoms with Crippen LogP contribution in [0.15, 0.2) is 24.3 Å². The van der Waals surface area contributed by atoms with Crippen molar-refractivity contribution in [3.05, 3.63) is 35.7 Å². The van der Waals surface area contributed by atoms with Crippen molar-refractivity contribution in [2.24, 2.45) is 0 Å². The smallest absolute Gasteiger partial charge is 0.276 e. The lowest BCUT2D eigenvalue weighted by Crippen LogP contribution is -2.44. The highest BCUT2D eigenvalue weighted by Crippen LogP contribution is 2.31. The van der Waals surface area contributed by atoms with Crippen LogP contribution in [0.5, 0.6) is 11.5 Å². The number of nitrogens with zero attached hydrogens (tertiary/aromatic N) is 4. The van der Waals surface area contributed by atoms with Crippen LogP contribution >= 0.6 is 12.4 Å². The maximum atomic E-state index is 13.1. The Kier molecular flexibility index (Phi) is 6.97. The zero-order valence-corrected chi connectivity index (χ0v) is 17.7. The third-order valence-electron chi connectivity index (χ3n) is 5.45. The number of likely N-dealkylation sites (N-methyl/N-ethyl adjacent to an activating group) is 1. The normalized spacial score (nSPS) is 18.8. The Morgan fingerprint density at radius 3 is 2.72 bits per heavy atom. The lowest BCUT2D eigenvalue weighted by Gasteiger charge is -2.30. The highest BCUT2D eigenvalue weighted by Gasteiger charge is 2.29. The van der Waals surface area contributed by atoms with Gasteiger partial charge in [0.2, 0.25) is 0 Å². The summed E-state index contributed by atoms with van der Waals surface area (Å²) in [5.41, 5.74) is 1.26. The zero-order valence-electron chi connectivity index (χ0n) is 16.8.